The molecule has 3 N–H and O–H groups in total. The zero-order valence-corrected chi connectivity index (χ0v) is 20.4. The van der Waals surface area contributed by atoms with Gasteiger partial charge in [-0.3, -0.25) is 9.69 Å². The van der Waals surface area contributed by atoms with Gasteiger partial charge < -0.3 is 20.5 Å². The molecule has 1 unspecified atom stereocenters. The van der Waals surface area contributed by atoms with Crippen LogP contribution in [0.4, 0.5) is 14.6 Å². The Balaban J connectivity index is 1.47. The van der Waals surface area contributed by atoms with Crippen molar-refractivity contribution in [1.82, 2.24) is 20.2 Å². The second-order valence-electron chi connectivity index (χ2n) is 8.25. The highest BCUT2D eigenvalue weighted by Crippen LogP contribution is 2.33. The van der Waals surface area contributed by atoms with Crippen LogP contribution in [0.3, 0.4) is 0 Å². The number of hydrogen-bond acceptors (Lipinski definition) is 7. The molecule has 1 amide bonds. The number of morpholine rings is 1. The number of nitrogens with one attached hydrogen (secondary N) is 1. The fourth-order valence-electron chi connectivity index (χ4n) is 3.82. The molecule has 1 aliphatic rings. The van der Waals surface area contributed by atoms with Crippen molar-refractivity contribution in [2.24, 2.45) is 0 Å². The summed E-state index contributed by atoms with van der Waals surface area (Å²) in [5, 5.41) is 2.55. The monoisotopic (exact) mass is 517 g/mol. The number of nitrogens with two attached hydrogens (primary N) is 1. The molecule has 3 aromatic rings. The highest BCUT2D eigenvalue weighted by molar-refractivity contribution is 6.31. The van der Waals surface area contributed by atoms with Gasteiger partial charge in [0.05, 0.1) is 30.1 Å². The summed E-state index contributed by atoms with van der Waals surface area (Å²) < 4.78 is 39.2. The van der Waals surface area contributed by atoms with Gasteiger partial charge in [-0.05, 0) is 31.2 Å². The smallest absolute Gasteiger partial charge is 0.258 e. The van der Waals surface area contributed by atoms with Crippen LogP contribution in [0.2, 0.25) is 5.02 Å². The number of benzene rings is 2. The van der Waals surface area contributed by atoms with Crippen LogP contribution in [0.5, 0.6) is 5.88 Å². The van der Waals surface area contributed by atoms with E-state index in [1.165, 1.54) is 13.1 Å². The molecule has 1 fully saturated rings. The summed E-state index contributed by atoms with van der Waals surface area (Å²) in [6.45, 7) is 5.86. The molecule has 0 bridgehead atoms. The van der Waals surface area contributed by atoms with Crippen LogP contribution < -0.4 is 15.8 Å². The number of ether oxygens (including phenoxy) is 2. The molecule has 1 saturated heterocycles. The lowest BCUT2D eigenvalue weighted by Crippen LogP contribution is -2.41. The van der Waals surface area contributed by atoms with Crippen molar-refractivity contribution in [1.29, 1.82) is 0 Å². The van der Waals surface area contributed by atoms with E-state index < -0.39 is 17.7 Å². The van der Waals surface area contributed by atoms with E-state index in [0.29, 0.717) is 36.6 Å². The normalized spacial score (nSPS) is 14.9. The first-order chi connectivity index (χ1) is 17.3. The maximum atomic E-state index is 14.3. The number of halogens is 3. The van der Waals surface area contributed by atoms with Gasteiger partial charge in [0.15, 0.2) is 5.82 Å². The number of amides is 1. The maximum absolute atomic E-state index is 14.3. The minimum absolute atomic E-state index is 0.0319. The third kappa shape index (κ3) is 6.07. The molecule has 11 heteroatoms. The Bertz CT molecular complexity index is 1240. The van der Waals surface area contributed by atoms with Crippen molar-refractivity contribution in [3.05, 3.63) is 70.4 Å². The first-order valence-electron chi connectivity index (χ1n) is 11.4. The van der Waals surface area contributed by atoms with Crippen LogP contribution in [0.25, 0.3) is 11.3 Å². The molecular formula is C25H26ClF2N5O3. The van der Waals surface area contributed by atoms with E-state index >= 15 is 0 Å². The zero-order chi connectivity index (χ0) is 25.7. The summed E-state index contributed by atoms with van der Waals surface area (Å²) >= 11 is 5.95. The Hall–Kier alpha value is -3.34. The van der Waals surface area contributed by atoms with E-state index in [4.69, 9.17) is 26.8 Å². The Labute approximate surface area is 212 Å². The van der Waals surface area contributed by atoms with Gasteiger partial charge in [-0.1, -0.05) is 23.7 Å². The van der Waals surface area contributed by atoms with Gasteiger partial charge in [-0.2, -0.15) is 0 Å². The second kappa shape index (κ2) is 11.6. The van der Waals surface area contributed by atoms with Gasteiger partial charge in [-0.25, -0.2) is 18.7 Å². The molecule has 0 aliphatic carbocycles. The molecule has 4 rings (SSSR count). The average Bonchev–Trinajstić information content (AvgIpc) is 2.88. The van der Waals surface area contributed by atoms with Crippen LogP contribution >= 0.6 is 11.6 Å². The van der Waals surface area contributed by atoms with Crippen molar-refractivity contribution < 1.29 is 23.0 Å². The lowest BCUT2D eigenvalue weighted by atomic mass is 10.1. The van der Waals surface area contributed by atoms with E-state index in [2.05, 4.69) is 20.2 Å². The Morgan fingerprint density at radius 1 is 1.25 bits per heavy atom. The van der Waals surface area contributed by atoms with Gasteiger partial charge in [0.25, 0.3) is 11.8 Å². The molecule has 1 aliphatic heterocycles. The topological polar surface area (TPSA) is 103 Å². The molecule has 2 aromatic carbocycles. The van der Waals surface area contributed by atoms with Crippen LogP contribution in [-0.4, -0.2) is 60.2 Å². The Morgan fingerprint density at radius 3 is 2.78 bits per heavy atom. The fourth-order valence-corrected chi connectivity index (χ4v) is 4.13. The van der Waals surface area contributed by atoms with Gasteiger partial charge in [0, 0.05) is 42.9 Å². The number of carbonyl (C=O) groups excluding carboxylic acids is 1. The molecule has 0 spiro atoms. The molecular weight excluding hydrogens is 492 g/mol. The van der Waals surface area contributed by atoms with Crippen molar-refractivity contribution in [3.63, 3.8) is 0 Å². The van der Waals surface area contributed by atoms with E-state index in [0.717, 1.165) is 31.8 Å². The van der Waals surface area contributed by atoms with Crippen molar-refractivity contribution in [2.75, 3.05) is 45.1 Å². The van der Waals surface area contributed by atoms with Gasteiger partial charge >= 0.3 is 0 Å². The van der Waals surface area contributed by atoms with Crippen molar-refractivity contribution >= 4 is 23.3 Å². The SMILES string of the molecule is CC(Oc1nc(-c2cccc(C(=O)NCCN3CCOCC3)c2)cnc1N)c1c(F)ccc(F)c1Cl. The third-order valence-corrected chi connectivity index (χ3v) is 6.16. The number of hydrogen-bond donors (Lipinski definition) is 2. The Morgan fingerprint density at radius 2 is 2.00 bits per heavy atom. The average molecular weight is 518 g/mol. The lowest BCUT2D eigenvalue weighted by molar-refractivity contribution is 0.0383. The number of nitrogen functional groups attached to an aromatic ring is 1. The first-order valence-corrected chi connectivity index (χ1v) is 11.8. The van der Waals surface area contributed by atoms with E-state index in [1.54, 1.807) is 24.3 Å². The summed E-state index contributed by atoms with van der Waals surface area (Å²) in [5.41, 5.74) is 7.22. The summed E-state index contributed by atoms with van der Waals surface area (Å²) in [5.74, 6) is -1.80. The first kappa shape index (κ1) is 25.7. The minimum atomic E-state index is -0.997. The van der Waals surface area contributed by atoms with Crippen LogP contribution in [-0.2, 0) is 4.74 Å². The maximum Gasteiger partial charge on any atom is 0.258 e. The number of rotatable bonds is 8. The minimum Gasteiger partial charge on any atom is -0.467 e. The van der Waals surface area contributed by atoms with Gasteiger partial charge in [0.1, 0.15) is 17.7 Å². The number of aromatic nitrogens is 2. The Kier molecular flexibility index (Phi) is 8.29. The molecule has 0 radical (unpaired) electrons. The number of nitrogens with zero attached hydrogens (tertiary/aromatic N) is 3. The van der Waals surface area contributed by atoms with E-state index in [1.807, 2.05) is 0 Å². The summed E-state index contributed by atoms with van der Waals surface area (Å²) in [4.78, 5) is 23.4. The lowest BCUT2D eigenvalue weighted by Gasteiger charge is -2.26. The predicted octanol–water partition coefficient (Wildman–Crippen LogP) is 3.86. The molecule has 1 atom stereocenters. The van der Waals surface area contributed by atoms with Crippen LogP contribution in [0.15, 0.2) is 42.6 Å². The predicted molar refractivity (Wildman–Crippen MR) is 132 cm³/mol. The number of anilines is 1. The summed E-state index contributed by atoms with van der Waals surface area (Å²) in [6.07, 6.45) is 0.446. The van der Waals surface area contributed by atoms with Crippen molar-refractivity contribution in [2.45, 2.75) is 13.0 Å². The van der Waals surface area contributed by atoms with E-state index in [9.17, 15) is 13.6 Å². The highest BCUT2D eigenvalue weighted by atomic mass is 35.5. The largest absolute Gasteiger partial charge is 0.467 e. The second-order valence-corrected chi connectivity index (χ2v) is 8.63. The molecule has 1 aromatic heterocycles. The van der Waals surface area contributed by atoms with Crippen LogP contribution in [0, 0.1) is 11.6 Å². The molecule has 2 heterocycles. The quantitative estimate of drug-likeness (QED) is 0.437. The standard InChI is InChI=1S/C25H26ClF2N5O3/c1-15(21-18(27)5-6-19(28)22(21)26)36-25-23(29)31-14-20(32-25)16-3-2-4-17(13-16)24(34)30-7-8-33-9-11-35-12-10-33/h2-6,13-15H,7-12H2,1H3,(H2,29,31)(H,30,34). The molecule has 8 nitrogen and oxygen atoms in total. The zero-order valence-electron chi connectivity index (χ0n) is 19.6. The van der Waals surface area contributed by atoms with Gasteiger partial charge in [0.2, 0.25) is 0 Å². The van der Waals surface area contributed by atoms with Crippen molar-refractivity contribution in [3.8, 4) is 17.1 Å². The van der Waals surface area contributed by atoms with E-state index in [-0.39, 0.29) is 28.2 Å². The number of carbonyl (C=O) groups is 1. The third-order valence-electron chi connectivity index (χ3n) is 5.78. The molecule has 0 saturated carbocycles. The summed E-state index contributed by atoms with van der Waals surface area (Å²) in [7, 11) is 0. The fraction of sp³-hybridized carbons (Fsp3) is 0.320. The highest BCUT2D eigenvalue weighted by Gasteiger charge is 2.22. The van der Waals surface area contributed by atoms with Crippen LogP contribution in [0.1, 0.15) is 28.9 Å². The van der Waals surface area contributed by atoms with Gasteiger partial charge in [-0.15, -0.1) is 0 Å². The molecule has 36 heavy (non-hydrogen) atoms. The summed E-state index contributed by atoms with van der Waals surface area (Å²) in [6, 6.07) is 8.79. The molecule has 190 valence electrons.